The zero-order chi connectivity index (χ0) is 17.2. The third-order valence-electron chi connectivity index (χ3n) is 3.74. The highest BCUT2D eigenvalue weighted by Gasteiger charge is 2.13. The number of imidazole rings is 1. The number of hydrogen-bond donors (Lipinski definition) is 2. The number of carbonyl (C=O) groups excluding carboxylic acids is 1. The third-order valence-corrected chi connectivity index (χ3v) is 4.62. The first kappa shape index (κ1) is 16.6. The Morgan fingerprint density at radius 3 is 2.50 bits per heavy atom. The Balaban J connectivity index is 1.57. The molecule has 2 aromatic carbocycles. The average molecular weight is 339 g/mol. The van der Waals surface area contributed by atoms with Gasteiger partial charge in [0.05, 0.1) is 16.8 Å². The van der Waals surface area contributed by atoms with E-state index < -0.39 is 0 Å². The average Bonchev–Trinajstić information content (AvgIpc) is 2.95. The zero-order valence-electron chi connectivity index (χ0n) is 14.1. The number of hydrogen-bond acceptors (Lipinski definition) is 3. The van der Waals surface area contributed by atoms with Gasteiger partial charge in [0.1, 0.15) is 0 Å². The van der Waals surface area contributed by atoms with Crippen LogP contribution < -0.4 is 5.32 Å². The second-order valence-corrected chi connectivity index (χ2v) is 7.69. The van der Waals surface area contributed by atoms with Crippen molar-refractivity contribution in [2.75, 3.05) is 11.1 Å². The van der Waals surface area contributed by atoms with E-state index in [2.05, 4.69) is 48.2 Å². The highest BCUT2D eigenvalue weighted by atomic mass is 32.2. The van der Waals surface area contributed by atoms with Crippen LogP contribution in [-0.2, 0) is 10.2 Å². The molecule has 0 saturated carbocycles. The van der Waals surface area contributed by atoms with Crippen molar-refractivity contribution >= 4 is 34.4 Å². The number of aromatic nitrogens is 2. The monoisotopic (exact) mass is 339 g/mol. The number of nitrogens with one attached hydrogen (secondary N) is 2. The highest BCUT2D eigenvalue weighted by molar-refractivity contribution is 7.99. The lowest BCUT2D eigenvalue weighted by Crippen LogP contribution is -2.15. The van der Waals surface area contributed by atoms with Crippen LogP contribution in [0.5, 0.6) is 0 Å². The maximum Gasteiger partial charge on any atom is 0.234 e. The topological polar surface area (TPSA) is 57.8 Å². The van der Waals surface area contributed by atoms with Crippen LogP contribution in [0.25, 0.3) is 11.0 Å². The molecule has 0 aliphatic rings. The summed E-state index contributed by atoms with van der Waals surface area (Å²) >= 11 is 1.40. The van der Waals surface area contributed by atoms with Crippen LogP contribution in [0.4, 0.5) is 5.69 Å². The first-order valence-electron chi connectivity index (χ1n) is 7.90. The number of rotatable bonds is 4. The number of benzene rings is 2. The summed E-state index contributed by atoms with van der Waals surface area (Å²) in [5.74, 6) is 0.282. The minimum Gasteiger partial charge on any atom is -0.333 e. The van der Waals surface area contributed by atoms with Gasteiger partial charge in [-0.15, -0.1) is 0 Å². The predicted molar refractivity (Wildman–Crippen MR) is 101 cm³/mol. The second kappa shape index (κ2) is 6.69. The van der Waals surface area contributed by atoms with E-state index in [0.29, 0.717) is 5.75 Å². The Labute approximate surface area is 146 Å². The van der Waals surface area contributed by atoms with Crippen LogP contribution in [0.1, 0.15) is 26.3 Å². The van der Waals surface area contributed by atoms with Crippen LogP contribution in [0.2, 0.25) is 0 Å². The first-order chi connectivity index (χ1) is 11.4. The van der Waals surface area contributed by atoms with Crippen molar-refractivity contribution in [2.45, 2.75) is 31.3 Å². The molecule has 0 radical (unpaired) electrons. The molecule has 0 bridgehead atoms. The lowest BCUT2D eigenvalue weighted by atomic mass is 9.87. The van der Waals surface area contributed by atoms with Gasteiger partial charge in [0.2, 0.25) is 5.91 Å². The summed E-state index contributed by atoms with van der Waals surface area (Å²) < 4.78 is 0. The smallest absolute Gasteiger partial charge is 0.234 e. The van der Waals surface area contributed by atoms with E-state index in [0.717, 1.165) is 21.9 Å². The molecule has 4 nitrogen and oxygen atoms in total. The van der Waals surface area contributed by atoms with Gasteiger partial charge in [-0.3, -0.25) is 4.79 Å². The summed E-state index contributed by atoms with van der Waals surface area (Å²) in [5, 5.41) is 3.68. The number of thioether (sulfide) groups is 1. The van der Waals surface area contributed by atoms with Crippen LogP contribution in [0.3, 0.4) is 0 Å². The number of carbonyl (C=O) groups is 1. The van der Waals surface area contributed by atoms with Gasteiger partial charge < -0.3 is 10.3 Å². The van der Waals surface area contributed by atoms with Gasteiger partial charge in [-0.05, 0) is 35.2 Å². The molecule has 0 spiro atoms. The van der Waals surface area contributed by atoms with Crippen LogP contribution in [-0.4, -0.2) is 21.6 Å². The van der Waals surface area contributed by atoms with Crippen molar-refractivity contribution < 1.29 is 4.79 Å². The van der Waals surface area contributed by atoms with E-state index in [1.165, 1.54) is 17.3 Å². The van der Waals surface area contributed by atoms with Gasteiger partial charge in [0.15, 0.2) is 5.16 Å². The summed E-state index contributed by atoms with van der Waals surface area (Å²) in [6.45, 7) is 6.51. The summed E-state index contributed by atoms with van der Waals surface area (Å²) in [5.41, 5.74) is 4.08. The number of nitrogens with zero attached hydrogens (tertiary/aromatic N) is 1. The molecule has 1 amide bonds. The molecule has 5 heteroatoms. The Hall–Kier alpha value is -2.27. The van der Waals surface area contributed by atoms with E-state index in [4.69, 9.17) is 0 Å². The molecule has 0 fully saturated rings. The summed E-state index contributed by atoms with van der Waals surface area (Å²) in [4.78, 5) is 19.8. The molecular weight excluding hydrogens is 318 g/mol. The number of amides is 1. The van der Waals surface area contributed by atoms with Crippen LogP contribution in [0, 0.1) is 0 Å². The second-order valence-electron chi connectivity index (χ2n) is 6.72. The molecule has 2 N–H and O–H groups in total. The fourth-order valence-corrected chi connectivity index (χ4v) is 3.07. The van der Waals surface area contributed by atoms with Gasteiger partial charge in [0.25, 0.3) is 0 Å². The van der Waals surface area contributed by atoms with E-state index in [9.17, 15) is 4.79 Å². The largest absolute Gasteiger partial charge is 0.333 e. The number of para-hydroxylation sites is 2. The molecule has 24 heavy (non-hydrogen) atoms. The molecule has 1 aromatic heterocycles. The van der Waals surface area contributed by atoms with Crippen molar-refractivity contribution in [3.63, 3.8) is 0 Å². The van der Waals surface area contributed by atoms with Crippen molar-refractivity contribution in [1.82, 2.24) is 9.97 Å². The lowest BCUT2D eigenvalue weighted by molar-refractivity contribution is -0.113. The zero-order valence-corrected chi connectivity index (χ0v) is 14.9. The van der Waals surface area contributed by atoms with Crippen molar-refractivity contribution in [3.05, 3.63) is 54.1 Å². The maximum atomic E-state index is 12.1. The quantitative estimate of drug-likeness (QED) is 0.684. The van der Waals surface area contributed by atoms with E-state index in [-0.39, 0.29) is 11.3 Å². The molecule has 0 atom stereocenters. The normalized spacial score (nSPS) is 11.6. The first-order valence-corrected chi connectivity index (χ1v) is 8.88. The molecular formula is C19H21N3OS. The maximum absolute atomic E-state index is 12.1. The number of anilines is 1. The van der Waals surface area contributed by atoms with Gasteiger partial charge in [-0.2, -0.15) is 0 Å². The van der Waals surface area contributed by atoms with Crippen LogP contribution in [0.15, 0.2) is 53.7 Å². The molecule has 3 aromatic rings. The molecule has 1 heterocycles. The fraction of sp³-hybridized carbons (Fsp3) is 0.263. The number of H-pyrrole nitrogens is 1. The van der Waals surface area contributed by atoms with E-state index >= 15 is 0 Å². The van der Waals surface area contributed by atoms with Crippen molar-refractivity contribution in [3.8, 4) is 0 Å². The summed E-state index contributed by atoms with van der Waals surface area (Å²) in [7, 11) is 0. The van der Waals surface area contributed by atoms with E-state index in [1.54, 1.807) is 0 Å². The van der Waals surface area contributed by atoms with Crippen molar-refractivity contribution in [2.24, 2.45) is 0 Å². The summed E-state index contributed by atoms with van der Waals surface area (Å²) in [6, 6.07) is 15.9. The fourth-order valence-electron chi connectivity index (χ4n) is 2.38. The SMILES string of the molecule is CC(C)(C)c1ccc(NC(=O)CSc2nc3ccccc3[nH]2)cc1. The minimum absolute atomic E-state index is 0.0380. The van der Waals surface area contributed by atoms with E-state index in [1.807, 2.05) is 36.4 Å². The molecule has 0 aliphatic heterocycles. The Bertz CT molecular complexity index is 814. The third kappa shape index (κ3) is 3.97. The van der Waals surface area contributed by atoms with Crippen molar-refractivity contribution in [1.29, 1.82) is 0 Å². The van der Waals surface area contributed by atoms with Gasteiger partial charge in [-0.25, -0.2) is 4.98 Å². The van der Waals surface area contributed by atoms with Gasteiger partial charge in [0, 0.05) is 5.69 Å². The lowest BCUT2D eigenvalue weighted by Gasteiger charge is -2.19. The summed E-state index contributed by atoms with van der Waals surface area (Å²) in [6.07, 6.45) is 0. The van der Waals surface area contributed by atoms with Gasteiger partial charge in [-0.1, -0.05) is 56.8 Å². The van der Waals surface area contributed by atoms with Gasteiger partial charge >= 0.3 is 0 Å². The number of aromatic amines is 1. The molecule has 0 aliphatic carbocycles. The molecule has 0 saturated heterocycles. The Kier molecular flexibility index (Phi) is 4.62. The van der Waals surface area contributed by atoms with Crippen LogP contribution >= 0.6 is 11.8 Å². The Morgan fingerprint density at radius 1 is 1.12 bits per heavy atom. The number of fused-ring (bicyclic) bond motifs is 1. The Morgan fingerprint density at radius 2 is 1.83 bits per heavy atom. The predicted octanol–water partition coefficient (Wildman–Crippen LogP) is 4.59. The molecule has 3 rings (SSSR count). The standard InChI is InChI=1S/C19H21N3OS/c1-19(2,3)13-8-10-14(11-9-13)20-17(23)12-24-18-21-15-6-4-5-7-16(15)22-18/h4-11H,12H2,1-3H3,(H,20,23)(H,21,22). The minimum atomic E-state index is -0.0380. The highest BCUT2D eigenvalue weighted by Crippen LogP contribution is 2.24. The molecule has 0 unspecified atom stereocenters. The molecule has 124 valence electrons.